The number of aliphatic hydroxyl groups excluding tert-OH is 1. The molecule has 0 saturated heterocycles. The Kier molecular flexibility index (Phi) is 3.44. The van der Waals surface area contributed by atoms with Gasteiger partial charge in [-0.2, -0.15) is 0 Å². The molecule has 0 unspecified atom stereocenters. The highest BCUT2D eigenvalue weighted by Gasteiger charge is 2.33. The third-order valence-corrected chi connectivity index (χ3v) is 5.36. The van der Waals surface area contributed by atoms with Crippen LogP contribution in [0, 0.1) is 0 Å². The third-order valence-electron chi connectivity index (χ3n) is 4.00. The molecule has 1 fully saturated rings. The van der Waals surface area contributed by atoms with Crippen LogP contribution < -0.4 is 5.73 Å². The van der Waals surface area contributed by atoms with Crippen LogP contribution in [0.25, 0.3) is 10.4 Å². The van der Waals surface area contributed by atoms with E-state index in [4.69, 9.17) is 5.73 Å². The smallest absolute Gasteiger partial charge is 0.0541 e. The highest BCUT2D eigenvalue weighted by molar-refractivity contribution is 7.15. The minimum absolute atomic E-state index is 0.162. The van der Waals surface area contributed by atoms with Crippen LogP contribution in [0.3, 0.4) is 0 Å². The Hall–Kier alpha value is -1.16. The second-order valence-corrected chi connectivity index (χ2v) is 6.50. The Morgan fingerprint density at radius 3 is 2.42 bits per heavy atom. The van der Waals surface area contributed by atoms with Crippen molar-refractivity contribution < 1.29 is 5.11 Å². The van der Waals surface area contributed by atoms with E-state index in [1.54, 1.807) is 11.3 Å². The zero-order valence-corrected chi connectivity index (χ0v) is 11.7. The standard InChI is InChI=1S/C16H19NOS/c17-16(10-8-13(18)9-11-16)15-7-6-14(19-15)12-4-2-1-3-5-12/h1-7,13,18H,8-11,17H2. The first-order chi connectivity index (χ1) is 9.17. The lowest BCUT2D eigenvalue weighted by Gasteiger charge is -2.34. The normalized spacial score (nSPS) is 27.4. The van der Waals surface area contributed by atoms with Crippen LogP contribution in [0.2, 0.25) is 0 Å². The summed E-state index contributed by atoms with van der Waals surface area (Å²) in [5.74, 6) is 0. The molecule has 3 rings (SSSR count). The van der Waals surface area contributed by atoms with Crippen LogP contribution in [0.1, 0.15) is 30.6 Å². The summed E-state index contributed by atoms with van der Waals surface area (Å²) in [6.45, 7) is 0. The SMILES string of the molecule is NC1(c2ccc(-c3ccccc3)s2)CCC(O)CC1. The fourth-order valence-corrected chi connectivity index (χ4v) is 3.90. The summed E-state index contributed by atoms with van der Waals surface area (Å²) >= 11 is 1.79. The van der Waals surface area contributed by atoms with Gasteiger partial charge in [-0.1, -0.05) is 30.3 Å². The average Bonchev–Trinajstić information content (AvgIpc) is 2.94. The number of hydrogen-bond donors (Lipinski definition) is 2. The lowest BCUT2D eigenvalue weighted by molar-refractivity contribution is 0.0979. The van der Waals surface area contributed by atoms with Crippen LogP contribution in [-0.4, -0.2) is 11.2 Å². The van der Waals surface area contributed by atoms with E-state index in [2.05, 4.69) is 36.4 Å². The van der Waals surface area contributed by atoms with E-state index >= 15 is 0 Å². The monoisotopic (exact) mass is 273 g/mol. The van der Waals surface area contributed by atoms with Gasteiger partial charge in [0, 0.05) is 9.75 Å². The fraction of sp³-hybridized carbons (Fsp3) is 0.375. The lowest BCUT2D eigenvalue weighted by Crippen LogP contribution is -2.40. The quantitative estimate of drug-likeness (QED) is 0.879. The van der Waals surface area contributed by atoms with E-state index in [-0.39, 0.29) is 11.6 Å². The number of benzene rings is 1. The molecule has 1 saturated carbocycles. The Labute approximate surface area is 117 Å². The summed E-state index contributed by atoms with van der Waals surface area (Å²) in [6.07, 6.45) is 3.22. The highest BCUT2D eigenvalue weighted by atomic mass is 32.1. The third kappa shape index (κ3) is 2.59. The Bertz CT molecular complexity index is 541. The summed E-state index contributed by atoms with van der Waals surface area (Å²) in [4.78, 5) is 2.52. The molecule has 3 N–H and O–H groups in total. The number of thiophene rings is 1. The van der Waals surface area contributed by atoms with Gasteiger partial charge < -0.3 is 10.8 Å². The maximum absolute atomic E-state index is 9.62. The van der Waals surface area contributed by atoms with Gasteiger partial charge in [0.05, 0.1) is 11.6 Å². The Balaban J connectivity index is 1.85. The van der Waals surface area contributed by atoms with Crippen molar-refractivity contribution in [3.63, 3.8) is 0 Å². The molecule has 2 nitrogen and oxygen atoms in total. The molecule has 1 heterocycles. The van der Waals surface area contributed by atoms with Crippen molar-refractivity contribution in [3.05, 3.63) is 47.3 Å². The number of rotatable bonds is 2. The van der Waals surface area contributed by atoms with Crippen molar-refractivity contribution in [3.8, 4) is 10.4 Å². The summed E-state index contributed by atoms with van der Waals surface area (Å²) in [6, 6.07) is 14.7. The first-order valence-corrected chi connectivity index (χ1v) is 7.62. The number of aliphatic hydroxyl groups is 1. The van der Waals surface area contributed by atoms with E-state index in [1.807, 2.05) is 6.07 Å². The molecule has 19 heavy (non-hydrogen) atoms. The zero-order valence-electron chi connectivity index (χ0n) is 10.9. The van der Waals surface area contributed by atoms with Crippen LogP contribution >= 0.6 is 11.3 Å². The summed E-state index contributed by atoms with van der Waals surface area (Å²) in [5.41, 5.74) is 7.54. The van der Waals surface area contributed by atoms with Gasteiger partial charge in [-0.3, -0.25) is 0 Å². The molecule has 0 bridgehead atoms. The molecule has 1 aromatic carbocycles. The molecule has 1 aliphatic carbocycles. The summed E-state index contributed by atoms with van der Waals surface area (Å²) < 4.78 is 0. The van der Waals surface area contributed by atoms with Crippen LogP contribution in [-0.2, 0) is 5.54 Å². The predicted octanol–water partition coefficient (Wildman–Crippen LogP) is 3.50. The number of hydrogen-bond acceptors (Lipinski definition) is 3. The molecule has 2 aromatic rings. The number of nitrogens with two attached hydrogens (primary N) is 1. The predicted molar refractivity (Wildman–Crippen MR) is 80.1 cm³/mol. The molecule has 1 aromatic heterocycles. The van der Waals surface area contributed by atoms with Gasteiger partial charge in [0.2, 0.25) is 0 Å². The molecular weight excluding hydrogens is 254 g/mol. The van der Waals surface area contributed by atoms with Crippen molar-refractivity contribution >= 4 is 11.3 Å². The van der Waals surface area contributed by atoms with E-state index in [0.717, 1.165) is 25.7 Å². The average molecular weight is 273 g/mol. The fourth-order valence-electron chi connectivity index (χ4n) is 2.73. The summed E-state index contributed by atoms with van der Waals surface area (Å²) in [5, 5.41) is 9.62. The molecule has 100 valence electrons. The Morgan fingerprint density at radius 1 is 1.05 bits per heavy atom. The van der Waals surface area contributed by atoms with Crippen molar-refractivity contribution in [2.75, 3.05) is 0 Å². The van der Waals surface area contributed by atoms with Gasteiger partial charge in [0.25, 0.3) is 0 Å². The van der Waals surface area contributed by atoms with Gasteiger partial charge in [-0.05, 0) is 43.4 Å². The molecule has 0 aliphatic heterocycles. The van der Waals surface area contributed by atoms with Gasteiger partial charge in [-0.15, -0.1) is 11.3 Å². The van der Waals surface area contributed by atoms with Crippen LogP contribution in [0.5, 0.6) is 0 Å². The first-order valence-electron chi connectivity index (χ1n) is 6.80. The van der Waals surface area contributed by atoms with Crippen molar-refractivity contribution in [1.82, 2.24) is 0 Å². The topological polar surface area (TPSA) is 46.2 Å². The van der Waals surface area contributed by atoms with E-state index < -0.39 is 0 Å². The molecule has 0 radical (unpaired) electrons. The Morgan fingerprint density at radius 2 is 1.74 bits per heavy atom. The minimum atomic E-state index is -0.239. The minimum Gasteiger partial charge on any atom is -0.393 e. The maximum atomic E-state index is 9.62. The molecule has 3 heteroatoms. The molecule has 0 atom stereocenters. The summed E-state index contributed by atoms with van der Waals surface area (Å²) in [7, 11) is 0. The van der Waals surface area contributed by atoms with Crippen molar-refractivity contribution in [1.29, 1.82) is 0 Å². The first kappa shape index (κ1) is 12.9. The van der Waals surface area contributed by atoms with Gasteiger partial charge in [-0.25, -0.2) is 0 Å². The second-order valence-electron chi connectivity index (χ2n) is 5.42. The van der Waals surface area contributed by atoms with Gasteiger partial charge in [0.1, 0.15) is 0 Å². The highest BCUT2D eigenvalue weighted by Crippen LogP contribution is 2.40. The largest absolute Gasteiger partial charge is 0.393 e. The van der Waals surface area contributed by atoms with Crippen molar-refractivity contribution in [2.24, 2.45) is 5.73 Å². The second kappa shape index (κ2) is 5.08. The van der Waals surface area contributed by atoms with Gasteiger partial charge >= 0.3 is 0 Å². The zero-order chi connectivity index (χ0) is 13.3. The lowest BCUT2D eigenvalue weighted by atomic mass is 9.80. The van der Waals surface area contributed by atoms with E-state index in [9.17, 15) is 5.11 Å². The maximum Gasteiger partial charge on any atom is 0.0541 e. The molecular formula is C16H19NOS. The molecule has 0 amide bonds. The molecule has 1 aliphatic rings. The van der Waals surface area contributed by atoms with Crippen LogP contribution in [0.4, 0.5) is 0 Å². The van der Waals surface area contributed by atoms with E-state index in [0.29, 0.717) is 0 Å². The van der Waals surface area contributed by atoms with Crippen molar-refractivity contribution in [2.45, 2.75) is 37.3 Å². The van der Waals surface area contributed by atoms with Crippen LogP contribution in [0.15, 0.2) is 42.5 Å². The van der Waals surface area contributed by atoms with E-state index in [1.165, 1.54) is 15.3 Å². The molecule has 0 spiro atoms. The van der Waals surface area contributed by atoms with Gasteiger partial charge in [0.15, 0.2) is 0 Å².